The number of unbranched alkanes of at least 4 members (excludes halogenated alkanes) is 1. The molecular formula is C18H25Cl2N4P. The molecule has 0 fully saturated rings. The van der Waals surface area contributed by atoms with Gasteiger partial charge in [-0.3, -0.25) is 4.74 Å². The monoisotopic (exact) mass is 398 g/mol. The molecule has 0 unspecified atom stereocenters. The molecule has 136 valence electrons. The minimum Gasteiger partial charge on any atom is -0.324 e. The van der Waals surface area contributed by atoms with E-state index in [9.17, 15) is 0 Å². The van der Waals surface area contributed by atoms with Crippen molar-refractivity contribution >= 4 is 52.9 Å². The Morgan fingerprint density at radius 2 is 1.60 bits per heavy atom. The Morgan fingerprint density at radius 3 is 2.12 bits per heavy atom. The van der Waals surface area contributed by atoms with Crippen LogP contribution < -0.4 is 10.2 Å². The van der Waals surface area contributed by atoms with Gasteiger partial charge in [-0.25, -0.2) is 4.67 Å². The highest BCUT2D eigenvalue weighted by Gasteiger charge is 2.32. The number of alkyl halides is 2. The first-order chi connectivity index (χ1) is 12.2. The minimum atomic E-state index is -2.17. The van der Waals surface area contributed by atoms with Crippen LogP contribution >= 0.6 is 30.7 Å². The number of hydrogen-bond donors (Lipinski definition) is 2. The number of nitrogens with one attached hydrogen (secondary N) is 2. The van der Waals surface area contributed by atoms with E-state index in [1.807, 2.05) is 0 Å². The van der Waals surface area contributed by atoms with Gasteiger partial charge in [-0.2, -0.15) is 0 Å². The second-order valence-electron chi connectivity index (χ2n) is 6.08. The number of hydrogen-bond acceptors (Lipinski definition) is 1. The summed E-state index contributed by atoms with van der Waals surface area (Å²) in [7, 11) is -2.17. The summed E-state index contributed by atoms with van der Waals surface area (Å²) in [5, 5.41) is 9.94. The van der Waals surface area contributed by atoms with Gasteiger partial charge in [-0.05, 0) is 23.9 Å². The molecule has 0 atom stereocenters. The number of halogens is 2. The van der Waals surface area contributed by atoms with E-state index in [4.69, 9.17) is 27.9 Å². The van der Waals surface area contributed by atoms with Gasteiger partial charge < -0.3 is 10.2 Å². The van der Waals surface area contributed by atoms with Gasteiger partial charge in [0, 0.05) is 36.8 Å². The highest BCUT2D eigenvalue weighted by molar-refractivity contribution is 7.67. The van der Waals surface area contributed by atoms with Crippen molar-refractivity contribution < 1.29 is 0 Å². The molecule has 0 saturated heterocycles. The van der Waals surface area contributed by atoms with Gasteiger partial charge in [-0.15, -0.1) is 23.2 Å². The van der Waals surface area contributed by atoms with Crippen LogP contribution in [0.2, 0.25) is 0 Å². The number of nitrogens with zero attached hydrogens (tertiary/aromatic N) is 2. The van der Waals surface area contributed by atoms with Crippen LogP contribution in [0.1, 0.15) is 19.8 Å². The van der Waals surface area contributed by atoms with Gasteiger partial charge in [0.15, 0.2) is 0 Å². The zero-order valence-corrected chi connectivity index (χ0v) is 16.9. The van der Waals surface area contributed by atoms with Crippen LogP contribution in [0.25, 0.3) is 10.8 Å². The van der Waals surface area contributed by atoms with Crippen LogP contribution in [0.4, 0.5) is 11.4 Å². The lowest BCUT2D eigenvalue weighted by atomic mass is 10.1. The van der Waals surface area contributed by atoms with Crippen LogP contribution in [0.3, 0.4) is 0 Å². The average Bonchev–Trinajstić information content (AvgIpc) is 2.62. The Kier molecular flexibility index (Phi) is 6.51. The number of rotatable bonds is 8. The summed E-state index contributed by atoms with van der Waals surface area (Å²) in [5.41, 5.74) is 2.27. The molecule has 1 aliphatic rings. The van der Waals surface area contributed by atoms with Gasteiger partial charge in [-0.1, -0.05) is 37.6 Å². The Labute approximate surface area is 160 Å². The largest absolute Gasteiger partial charge is 0.324 e. The lowest BCUT2D eigenvalue weighted by molar-refractivity contribution is 0.507. The average molecular weight is 399 g/mol. The van der Waals surface area contributed by atoms with Crippen molar-refractivity contribution in [2.75, 3.05) is 41.6 Å². The van der Waals surface area contributed by atoms with Crippen molar-refractivity contribution in [3.63, 3.8) is 0 Å². The molecule has 25 heavy (non-hydrogen) atoms. The van der Waals surface area contributed by atoms with Crippen molar-refractivity contribution in [1.29, 1.82) is 0 Å². The molecule has 2 aromatic rings. The molecule has 1 heterocycles. The zero-order chi connectivity index (χ0) is 17.7. The predicted molar refractivity (Wildman–Crippen MR) is 113 cm³/mol. The summed E-state index contributed by atoms with van der Waals surface area (Å²) >= 11 is 12.2. The molecule has 7 heteroatoms. The first kappa shape index (κ1) is 18.8. The SMILES string of the molecule is CCCCN=P1(N(CCCl)CCCl)Nc2cccc3cccc(c23)N1. The lowest BCUT2D eigenvalue weighted by Gasteiger charge is -2.41. The van der Waals surface area contributed by atoms with E-state index < -0.39 is 7.51 Å². The normalized spacial score (nSPS) is 15.0. The summed E-state index contributed by atoms with van der Waals surface area (Å²) < 4.78 is 7.43. The van der Waals surface area contributed by atoms with E-state index in [1.54, 1.807) is 0 Å². The quantitative estimate of drug-likeness (QED) is 0.315. The molecule has 0 radical (unpaired) electrons. The zero-order valence-electron chi connectivity index (χ0n) is 14.5. The molecule has 0 bridgehead atoms. The maximum absolute atomic E-state index is 6.09. The van der Waals surface area contributed by atoms with E-state index >= 15 is 0 Å². The fourth-order valence-corrected chi connectivity index (χ4v) is 6.72. The lowest BCUT2D eigenvalue weighted by Crippen LogP contribution is -2.33. The van der Waals surface area contributed by atoms with E-state index in [0.717, 1.165) is 43.9 Å². The van der Waals surface area contributed by atoms with Crippen molar-refractivity contribution in [1.82, 2.24) is 4.67 Å². The van der Waals surface area contributed by atoms with E-state index in [1.165, 1.54) is 10.8 Å². The van der Waals surface area contributed by atoms with Crippen LogP contribution in [0.5, 0.6) is 0 Å². The summed E-state index contributed by atoms with van der Waals surface area (Å²) in [6.07, 6.45) is 2.20. The third-order valence-electron chi connectivity index (χ3n) is 4.37. The van der Waals surface area contributed by atoms with Crippen molar-refractivity contribution in [3.05, 3.63) is 36.4 Å². The van der Waals surface area contributed by atoms with Crippen molar-refractivity contribution in [3.8, 4) is 0 Å². The molecule has 4 nitrogen and oxygen atoms in total. The second-order valence-corrected chi connectivity index (χ2v) is 9.34. The van der Waals surface area contributed by atoms with E-state index in [-0.39, 0.29) is 0 Å². The summed E-state index contributed by atoms with van der Waals surface area (Å²) in [5.74, 6) is 1.11. The molecule has 0 amide bonds. The topological polar surface area (TPSA) is 39.7 Å². The maximum atomic E-state index is 6.09. The smallest absolute Gasteiger partial charge is 0.213 e. The second kappa shape index (κ2) is 8.64. The molecule has 0 saturated carbocycles. The van der Waals surface area contributed by atoms with E-state index in [0.29, 0.717) is 11.8 Å². The molecule has 0 aliphatic carbocycles. The van der Waals surface area contributed by atoms with Crippen LogP contribution in [-0.2, 0) is 0 Å². The molecule has 2 N–H and O–H groups in total. The van der Waals surface area contributed by atoms with Gasteiger partial charge in [0.25, 0.3) is 0 Å². The summed E-state index contributed by atoms with van der Waals surface area (Å²) in [6, 6.07) is 12.7. The van der Waals surface area contributed by atoms with Crippen molar-refractivity contribution in [2.45, 2.75) is 19.8 Å². The van der Waals surface area contributed by atoms with Gasteiger partial charge in [0.1, 0.15) is 0 Å². The molecule has 2 aromatic carbocycles. The van der Waals surface area contributed by atoms with Crippen LogP contribution in [0, 0.1) is 0 Å². The first-order valence-electron chi connectivity index (χ1n) is 8.78. The third kappa shape index (κ3) is 3.93. The van der Waals surface area contributed by atoms with Crippen molar-refractivity contribution in [2.24, 2.45) is 4.74 Å². The minimum absolute atomic E-state index is 0.553. The fourth-order valence-electron chi connectivity index (χ4n) is 3.16. The van der Waals surface area contributed by atoms with Gasteiger partial charge in [0.05, 0.1) is 11.4 Å². The van der Waals surface area contributed by atoms with Gasteiger partial charge in [0.2, 0.25) is 7.51 Å². The fraction of sp³-hybridized carbons (Fsp3) is 0.444. The van der Waals surface area contributed by atoms with Crippen LogP contribution in [0.15, 0.2) is 41.1 Å². The Hall–Kier alpha value is -0.930. The van der Waals surface area contributed by atoms with Gasteiger partial charge >= 0.3 is 0 Å². The number of anilines is 2. The number of benzene rings is 2. The molecule has 0 spiro atoms. The van der Waals surface area contributed by atoms with Crippen LogP contribution in [-0.4, -0.2) is 36.1 Å². The third-order valence-corrected chi connectivity index (χ3v) is 7.64. The molecule has 3 rings (SSSR count). The molecular weight excluding hydrogens is 374 g/mol. The summed E-state index contributed by atoms with van der Waals surface area (Å²) in [4.78, 5) is 0. The molecule has 1 aliphatic heterocycles. The maximum Gasteiger partial charge on any atom is 0.213 e. The van der Waals surface area contributed by atoms with E-state index in [2.05, 4.69) is 58.2 Å². The Morgan fingerprint density at radius 1 is 1.00 bits per heavy atom. The molecule has 0 aromatic heterocycles. The highest BCUT2D eigenvalue weighted by atomic mass is 35.5. The summed E-state index contributed by atoms with van der Waals surface area (Å²) in [6.45, 7) is 4.50. The Balaban J connectivity index is 2.09. The standard InChI is InChI=1S/C18H25Cl2N4P/c1-2-3-12-21-25(24(13-10-19)14-11-20)22-16-8-4-6-15-7-5-9-17(23-25)18(15)16/h4-9,22-23H,2-3,10-14H2,1H3. The predicted octanol–water partition coefficient (Wildman–Crippen LogP) is 6.20. The highest BCUT2D eigenvalue weighted by Crippen LogP contribution is 2.57. The Bertz CT molecular complexity index is 730. The first-order valence-corrected chi connectivity index (χ1v) is 11.5.